The summed E-state index contributed by atoms with van der Waals surface area (Å²) in [6.07, 6.45) is 1.20. The van der Waals surface area contributed by atoms with Crippen LogP contribution in [0, 0.1) is 17.7 Å². The molecule has 0 unspecified atom stereocenters. The van der Waals surface area contributed by atoms with Gasteiger partial charge < -0.3 is 5.32 Å². The van der Waals surface area contributed by atoms with Gasteiger partial charge >= 0.3 is 0 Å². The van der Waals surface area contributed by atoms with E-state index in [0.29, 0.717) is 23.3 Å². The Labute approximate surface area is 91.1 Å². The monoisotopic (exact) mass is 256 g/mol. The van der Waals surface area contributed by atoms with Gasteiger partial charge in [0, 0.05) is 12.1 Å². The van der Waals surface area contributed by atoms with E-state index in [0.717, 1.165) is 0 Å². The molecule has 0 saturated heterocycles. The second-order valence-corrected chi connectivity index (χ2v) is 3.44. The number of aromatic nitrogens is 1. The Bertz CT molecular complexity index is 368. The molecule has 1 heterocycles. The first-order valence-corrected chi connectivity index (χ1v) is 4.93. The molecule has 14 heavy (non-hydrogen) atoms. The van der Waals surface area contributed by atoms with E-state index in [1.807, 2.05) is 0 Å². The molecule has 0 saturated carbocycles. The summed E-state index contributed by atoms with van der Waals surface area (Å²) in [5.41, 5.74) is 0.588. The van der Waals surface area contributed by atoms with Crippen molar-refractivity contribution < 1.29 is 4.39 Å². The molecule has 0 atom stereocenters. The van der Waals surface area contributed by atoms with Gasteiger partial charge in [-0.3, -0.25) is 0 Å². The number of rotatable bonds is 3. The zero-order valence-electron chi connectivity index (χ0n) is 7.77. The molecule has 1 aromatic rings. The largest absolute Gasteiger partial charge is 0.302 e. The molecule has 0 aliphatic carbocycles. The van der Waals surface area contributed by atoms with Crippen molar-refractivity contribution in [2.24, 2.45) is 0 Å². The predicted octanol–water partition coefficient (Wildman–Crippen LogP) is 2.10. The van der Waals surface area contributed by atoms with E-state index in [4.69, 9.17) is 0 Å². The highest BCUT2D eigenvalue weighted by Gasteiger charge is 2.02. The molecule has 0 spiro atoms. The zero-order valence-corrected chi connectivity index (χ0v) is 9.36. The third-order valence-corrected chi connectivity index (χ3v) is 2.04. The number of hydrogen-bond acceptors (Lipinski definition) is 2. The van der Waals surface area contributed by atoms with Crippen molar-refractivity contribution in [2.45, 2.75) is 13.5 Å². The van der Waals surface area contributed by atoms with Crippen LogP contribution in [0.2, 0.25) is 0 Å². The number of nitrogens with one attached hydrogen (secondary N) is 1. The van der Waals surface area contributed by atoms with Crippen LogP contribution in [0.5, 0.6) is 0 Å². The van der Waals surface area contributed by atoms with Crippen LogP contribution in [0.15, 0.2) is 16.9 Å². The first-order chi connectivity index (χ1) is 6.74. The lowest BCUT2D eigenvalue weighted by atomic mass is 10.2. The van der Waals surface area contributed by atoms with Crippen LogP contribution in [0.1, 0.15) is 12.5 Å². The van der Waals surface area contributed by atoms with E-state index in [1.165, 1.54) is 6.20 Å². The summed E-state index contributed by atoms with van der Waals surface area (Å²) in [6, 6.07) is 1.65. The Hall–Kier alpha value is -0.920. The molecule has 1 aromatic heterocycles. The molecule has 0 bridgehead atoms. The number of nitrogens with zero attached hydrogens (tertiary/aromatic N) is 1. The molecule has 2 nitrogen and oxygen atoms in total. The summed E-state index contributed by atoms with van der Waals surface area (Å²) >= 11 is 3.19. The van der Waals surface area contributed by atoms with Crippen LogP contribution in [0.25, 0.3) is 0 Å². The standard InChI is InChI=1S/C10H10BrFN2/c1-2-3-4-13-6-8-5-10(11)14-7-9(8)12/h5,7,13H,4,6H2,1H3. The molecule has 1 rings (SSSR count). The van der Waals surface area contributed by atoms with Crippen LogP contribution in [-0.2, 0) is 6.54 Å². The summed E-state index contributed by atoms with van der Waals surface area (Å²) < 4.78 is 13.8. The Balaban J connectivity index is 2.56. The van der Waals surface area contributed by atoms with Crippen molar-refractivity contribution >= 4 is 15.9 Å². The zero-order chi connectivity index (χ0) is 10.4. The Morgan fingerprint density at radius 1 is 1.64 bits per heavy atom. The minimum absolute atomic E-state index is 0.301. The van der Waals surface area contributed by atoms with Gasteiger partial charge in [0.25, 0.3) is 0 Å². The molecule has 0 aliphatic rings. The van der Waals surface area contributed by atoms with Gasteiger partial charge in [-0.2, -0.15) is 0 Å². The van der Waals surface area contributed by atoms with Gasteiger partial charge in [-0.05, 0) is 28.9 Å². The van der Waals surface area contributed by atoms with Gasteiger partial charge in [0.1, 0.15) is 10.4 Å². The molecule has 4 heteroatoms. The molecular weight excluding hydrogens is 247 g/mol. The van der Waals surface area contributed by atoms with Crippen LogP contribution < -0.4 is 5.32 Å². The van der Waals surface area contributed by atoms with Gasteiger partial charge in [0.05, 0.1) is 12.7 Å². The fraction of sp³-hybridized carbons (Fsp3) is 0.300. The lowest BCUT2D eigenvalue weighted by molar-refractivity contribution is 0.590. The second-order valence-electron chi connectivity index (χ2n) is 2.63. The fourth-order valence-corrected chi connectivity index (χ4v) is 1.31. The smallest absolute Gasteiger partial charge is 0.146 e. The second kappa shape index (κ2) is 5.74. The van der Waals surface area contributed by atoms with Crippen LogP contribution in [0.3, 0.4) is 0 Å². The number of halogens is 2. The fourth-order valence-electron chi connectivity index (χ4n) is 0.935. The number of hydrogen-bond donors (Lipinski definition) is 1. The van der Waals surface area contributed by atoms with Crippen LogP contribution in [-0.4, -0.2) is 11.5 Å². The van der Waals surface area contributed by atoms with Crippen molar-refractivity contribution in [1.82, 2.24) is 10.3 Å². The Kier molecular flexibility index (Phi) is 4.57. The number of pyridine rings is 1. The van der Waals surface area contributed by atoms with Gasteiger partial charge in [0.2, 0.25) is 0 Å². The normalized spacial score (nSPS) is 9.36. The van der Waals surface area contributed by atoms with E-state index in [1.54, 1.807) is 13.0 Å². The minimum Gasteiger partial charge on any atom is -0.302 e. The molecule has 0 aliphatic heterocycles. The maximum Gasteiger partial charge on any atom is 0.146 e. The lowest BCUT2D eigenvalue weighted by Crippen LogP contribution is -2.14. The van der Waals surface area contributed by atoms with Crippen molar-refractivity contribution in [1.29, 1.82) is 0 Å². The summed E-state index contributed by atoms with van der Waals surface area (Å²) in [7, 11) is 0. The van der Waals surface area contributed by atoms with Crippen molar-refractivity contribution in [3.8, 4) is 11.8 Å². The highest BCUT2D eigenvalue weighted by atomic mass is 79.9. The molecule has 0 radical (unpaired) electrons. The van der Waals surface area contributed by atoms with Crippen LogP contribution >= 0.6 is 15.9 Å². The molecule has 0 fully saturated rings. The molecule has 1 N–H and O–H groups in total. The predicted molar refractivity (Wildman–Crippen MR) is 57.1 cm³/mol. The molecule has 74 valence electrons. The van der Waals surface area contributed by atoms with Crippen molar-refractivity contribution in [3.63, 3.8) is 0 Å². The van der Waals surface area contributed by atoms with Crippen LogP contribution in [0.4, 0.5) is 4.39 Å². The highest BCUT2D eigenvalue weighted by molar-refractivity contribution is 9.10. The van der Waals surface area contributed by atoms with E-state index in [2.05, 4.69) is 38.1 Å². The summed E-state index contributed by atoms with van der Waals surface area (Å²) in [5, 5.41) is 3.01. The SMILES string of the molecule is CC#CCNCc1cc(Br)ncc1F. The molecule has 0 amide bonds. The molecular formula is C10H10BrFN2. The Morgan fingerprint density at radius 2 is 2.43 bits per heavy atom. The summed E-state index contributed by atoms with van der Waals surface area (Å²) in [6.45, 7) is 2.79. The molecule has 0 aromatic carbocycles. The topological polar surface area (TPSA) is 24.9 Å². The average molecular weight is 257 g/mol. The van der Waals surface area contributed by atoms with E-state index < -0.39 is 0 Å². The Morgan fingerprint density at radius 3 is 3.14 bits per heavy atom. The van der Waals surface area contributed by atoms with E-state index in [9.17, 15) is 4.39 Å². The third kappa shape index (κ3) is 3.44. The van der Waals surface area contributed by atoms with Gasteiger partial charge in [-0.25, -0.2) is 9.37 Å². The highest BCUT2D eigenvalue weighted by Crippen LogP contribution is 2.11. The van der Waals surface area contributed by atoms with Crippen molar-refractivity contribution in [3.05, 3.63) is 28.2 Å². The first kappa shape index (κ1) is 11.2. The average Bonchev–Trinajstić information content (AvgIpc) is 2.18. The van der Waals surface area contributed by atoms with Gasteiger partial charge in [-0.15, -0.1) is 5.92 Å². The third-order valence-electron chi connectivity index (χ3n) is 1.61. The maximum absolute atomic E-state index is 13.1. The van der Waals surface area contributed by atoms with Gasteiger partial charge in [-0.1, -0.05) is 5.92 Å². The summed E-state index contributed by atoms with van der Waals surface area (Å²) in [5.74, 6) is 5.29. The minimum atomic E-state index is -0.301. The van der Waals surface area contributed by atoms with E-state index in [-0.39, 0.29) is 5.82 Å². The first-order valence-electron chi connectivity index (χ1n) is 4.14. The lowest BCUT2D eigenvalue weighted by Gasteiger charge is -2.02. The quantitative estimate of drug-likeness (QED) is 0.509. The van der Waals surface area contributed by atoms with Crippen molar-refractivity contribution in [2.75, 3.05) is 6.54 Å². The van der Waals surface area contributed by atoms with E-state index >= 15 is 0 Å². The maximum atomic E-state index is 13.1. The van der Waals surface area contributed by atoms with Gasteiger partial charge in [0.15, 0.2) is 0 Å². The summed E-state index contributed by atoms with van der Waals surface area (Å²) in [4.78, 5) is 3.77.